The summed E-state index contributed by atoms with van der Waals surface area (Å²) >= 11 is 0. The predicted molar refractivity (Wildman–Crippen MR) is 120 cm³/mol. The van der Waals surface area contributed by atoms with Gasteiger partial charge in [0.15, 0.2) is 0 Å². The van der Waals surface area contributed by atoms with Gasteiger partial charge >= 0.3 is 0 Å². The van der Waals surface area contributed by atoms with Gasteiger partial charge in [0.05, 0.1) is 18.7 Å². The average molecular weight is 411 g/mol. The van der Waals surface area contributed by atoms with E-state index in [1.807, 2.05) is 50.2 Å². The van der Waals surface area contributed by atoms with E-state index in [-0.39, 0.29) is 11.9 Å². The lowest BCUT2D eigenvalue weighted by atomic mass is 10.0. The fourth-order valence-corrected chi connectivity index (χ4v) is 2.84. The van der Waals surface area contributed by atoms with Gasteiger partial charge in [-0.25, -0.2) is 0 Å². The van der Waals surface area contributed by atoms with Crippen LogP contribution in [0.3, 0.4) is 0 Å². The largest absolute Gasteiger partial charge is 0.497 e. The van der Waals surface area contributed by atoms with Crippen molar-refractivity contribution in [3.05, 3.63) is 65.4 Å². The zero-order valence-corrected chi connectivity index (χ0v) is 17.9. The van der Waals surface area contributed by atoms with Crippen LogP contribution in [0.2, 0.25) is 0 Å². The van der Waals surface area contributed by atoms with Crippen LogP contribution in [0, 0.1) is 5.41 Å². The van der Waals surface area contributed by atoms with Gasteiger partial charge in [-0.05, 0) is 56.4 Å². The molecule has 2 aromatic rings. The Labute approximate surface area is 178 Å². The topological polar surface area (TPSA) is 101 Å². The Morgan fingerprint density at radius 3 is 2.67 bits per heavy atom. The summed E-state index contributed by atoms with van der Waals surface area (Å²) in [7, 11) is 5.51. The molecule has 0 bridgehead atoms. The van der Waals surface area contributed by atoms with Crippen LogP contribution in [0.15, 0.2) is 48.7 Å². The highest BCUT2D eigenvalue weighted by molar-refractivity contribution is 6.08. The maximum absolute atomic E-state index is 13.0. The SMILES string of the molecule is COc1cccc([C@@H](C)NC(=O)c2ccc(/C(C=N)=C/N)cc2OCCN(C)C)c1. The van der Waals surface area contributed by atoms with Gasteiger partial charge in [0.2, 0.25) is 0 Å². The average Bonchev–Trinajstić information content (AvgIpc) is 2.74. The van der Waals surface area contributed by atoms with E-state index in [9.17, 15) is 4.79 Å². The van der Waals surface area contributed by atoms with Gasteiger partial charge < -0.3 is 30.8 Å². The monoisotopic (exact) mass is 410 g/mol. The van der Waals surface area contributed by atoms with Gasteiger partial charge in [0.25, 0.3) is 5.91 Å². The molecule has 1 atom stereocenters. The van der Waals surface area contributed by atoms with Crippen molar-refractivity contribution in [3.63, 3.8) is 0 Å². The molecule has 0 aliphatic heterocycles. The van der Waals surface area contributed by atoms with E-state index in [4.69, 9.17) is 20.6 Å². The molecule has 0 aliphatic carbocycles. The summed E-state index contributed by atoms with van der Waals surface area (Å²) in [5.74, 6) is 0.939. The third kappa shape index (κ3) is 6.09. The molecule has 0 unspecified atom stereocenters. The molecule has 1 amide bonds. The molecule has 0 fully saturated rings. The molecule has 0 radical (unpaired) electrons. The molecule has 160 valence electrons. The molecule has 30 heavy (non-hydrogen) atoms. The lowest BCUT2D eigenvalue weighted by Gasteiger charge is -2.18. The van der Waals surface area contributed by atoms with E-state index < -0.39 is 0 Å². The molecular weight excluding hydrogens is 380 g/mol. The lowest BCUT2D eigenvalue weighted by molar-refractivity contribution is 0.0935. The molecule has 0 aliphatic rings. The quantitative estimate of drug-likeness (QED) is 0.523. The van der Waals surface area contributed by atoms with Gasteiger partial charge in [-0.2, -0.15) is 0 Å². The van der Waals surface area contributed by atoms with Crippen molar-refractivity contribution in [1.82, 2.24) is 10.2 Å². The molecule has 7 heteroatoms. The molecule has 0 aromatic heterocycles. The van der Waals surface area contributed by atoms with E-state index in [1.165, 1.54) is 12.4 Å². The number of nitrogens with zero attached hydrogens (tertiary/aromatic N) is 1. The normalized spacial score (nSPS) is 12.4. The van der Waals surface area contributed by atoms with E-state index in [1.54, 1.807) is 25.3 Å². The van der Waals surface area contributed by atoms with Gasteiger partial charge in [-0.1, -0.05) is 18.2 Å². The number of methoxy groups -OCH3 is 1. The standard InChI is InChI=1S/C23H30N4O3/c1-16(17-6-5-7-20(12-17)29-4)26-23(28)21-9-8-18(19(14-24)15-25)13-22(21)30-11-10-27(2)3/h5-9,12-16,24H,10-11,25H2,1-4H3,(H,26,28)/b19-15+,24-14?/t16-/m1/s1. The Morgan fingerprint density at radius 2 is 2.03 bits per heavy atom. The summed E-state index contributed by atoms with van der Waals surface area (Å²) in [6.45, 7) is 3.04. The zero-order valence-electron chi connectivity index (χ0n) is 17.9. The molecule has 0 heterocycles. The molecule has 0 saturated carbocycles. The number of nitrogens with one attached hydrogen (secondary N) is 2. The fraction of sp³-hybridized carbons (Fsp3) is 0.304. The summed E-state index contributed by atoms with van der Waals surface area (Å²) in [6, 6.07) is 12.6. The first-order valence-electron chi connectivity index (χ1n) is 9.68. The zero-order chi connectivity index (χ0) is 22.1. The minimum absolute atomic E-state index is 0.219. The van der Waals surface area contributed by atoms with Gasteiger partial charge in [0, 0.05) is 24.5 Å². The molecule has 2 rings (SSSR count). The highest BCUT2D eigenvalue weighted by Gasteiger charge is 2.17. The second kappa shape index (κ2) is 11.0. The maximum Gasteiger partial charge on any atom is 0.255 e. The molecular formula is C23H30N4O3. The third-order valence-electron chi connectivity index (χ3n) is 4.63. The Balaban J connectivity index is 2.27. The molecule has 0 saturated heterocycles. The molecule has 0 spiro atoms. The number of rotatable bonds is 10. The molecule has 4 N–H and O–H groups in total. The minimum atomic E-state index is -0.246. The third-order valence-corrected chi connectivity index (χ3v) is 4.63. The first-order chi connectivity index (χ1) is 14.4. The number of amides is 1. The van der Waals surface area contributed by atoms with Crippen molar-refractivity contribution < 1.29 is 14.3 Å². The first kappa shape index (κ1) is 23.0. The van der Waals surface area contributed by atoms with Crippen LogP contribution in [0.5, 0.6) is 11.5 Å². The van der Waals surface area contributed by atoms with Crippen LogP contribution in [-0.2, 0) is 0 Å². The smallest absolute Gasteiger partial charge is 0.255 e. The van der Waals surface area contributed by atoms with Crippen LogP contribution in [0.4, 0.5) is 0 Å². The van der Waals surface area contributed by atoms with Crippen molar-refractivity contribution in [2.75, 3.05) is 34.4 Å². The number of hydrogen-bond acceptors (Lipinski definition) is 6. The summed E-state index contributed by atoms with van der Waals surface area (Å²) < 4.78 is 11.2. The number of carbonyl (C=O) groups is 1. The Morgan fingerprint density at radius 1 is 1.27 bits per heavy atom. The lowest BCUT2D eigenvalue weighted by Crippen LogP contribution is -2.27. The summed E-state index contributed by atoms with van der Waals surface area (Å²) in [4.78, 5) is 15.0. The number of allylic oxidation sites excluding steroid dienone is 1. The first-order valence-corrected chi connectivity index (χ1v) is 9.68. The van der Waals surface area contributed by atoms with Crippen molar-refractivity contribution >= 4 is 17.7 Å². The van der Waals surface area contributed by atoms with E-state index >= 15 is 0 Å². The minimum Gasteiger partial charge on any atom is -0.497 e. The highest BCUT2D eigenvalue weighted by Crippen LogP contribution is 2.26. The van der Waals surface area contributed by atoms with Gasteiger partial charge in [-0.3, -0.25) is 4.79 Å². The van der Waals surface area contributed by atoms with Crippen LogP contribution >= 0.6 is 0 Å². The maximum atomic E-state index is 13.0. The summed E-state index contributed by atoms with van der Waals surface area (Å²) in [5, 5.41) is 10.5. The number of carbonyl (C=O) groups excluding carboxylic acids is 1. The summed E-state index contributed by atoms with van der Waals surface area (Å²) in [6.07, 6.45) is 2.53. The van der Waals surface area contributed by atoms with Crippen LogP contribution < -0.4 is 20.5 Å². The van der Waals surface area contributed by atoms with E-state index in [0.29, 0.717) is 35.6 Å². The van der Waals surface area contributed by atoms with Crippen molar-refractivity contribution in [1.29, 1.82) is 5.41 Å². The van der Waals surface area contributed by atoms with Gasteiger partial charge in [-0.15, -0.1) is 0 Å². The molecule has 2 aromatic carbocycles. The van der Waals surface area contributed by atoms with Gasteiger partial charge in [0.1, 0.15) is 18.1 Å². The van der Waals surface area contributed by atoms with E-state index in [0.717, 1.165) is 11.3 Å². The molecule has 7 nitrogen and oxygen atoms in total. The Hall–Kier alpha value is -3.32. The second-order valence-corrected chi connectivity index (χ2v) is 7.10. The van der Waals surface area contributed by atoms with Crippen molar-refractivity contribution in [3.8, 4) is 11.5 Å². The fourth-order valence-electron chi connectivity index (χ4n) is 2.84. The predicted octanol–water partition coefficient (Wildman–Crippen LogP) is 3.08. The van der Waals surface area contributed by atoms with Crippen LogP contribution in [0.25, 0.3) is 5.57 Å². The van der Waals surface area contributed by atoms with Crippen LogP contribution in [0.1, 0.15) is 34.5 Å². The van der Waals surface area contributed by atoms with Crippen molar-refractivity contribution in [2.24, 2.45) is 5.73 Å². The van der Waals surface area contributed by atoms with E-state index in [2.05, 4.69) is 5.32 Å². The number of nitrogens with two attached hydrogens (primary N) is 1. The highest BCUT2D eigenvalue weighted by atomic mass is 16.5. The van der Waals surface area contributed by atoms with Crippen LogP contribution in [-0.4, -0.2) is 51.4 Å². The number of benzene rings is 2. The number of ether oxygens (including phenoxy) is 2. The summed E-state index contributed by atoms with van der Waals surface area (Å²) in [5.41, 5.74) is 8.23. The second-order valence-electron chi connectivity index (χ2n) is 7.10. The number of hydrogen-bond donors (Lipinski definition) is 3. The Kier molecular flexibility index (Phi) is 8.43. The number of likely N-dealkylation sites (N-methyl/N-ethyl adjacent to an activating group) is 1. The Bertz CT molecular complexity index is 909. The van der Waals surface area contributed by atoms with Crippen molar-refractivity contribution in [2.45, 2.75) is 13.0 Å².